The van der Waals surface area contributed by atoms with Crippen molar-refractivity contribution >= 4 is 44.1 Å². The molecule has 1 aliphatic rings. The van der Waals surface area contributed by atoms with Crippen LogP contribution >= 0.6 is 15.6 Å². The van der Waals surface area contributed by atoms with Gasteiger partial charge in [0.1, 0.15) is 25.8 Å². The van der Waals surface area contributed by atoms with Crippen LogP contribution in [0.25, 0.3) is 10.9 Å². The van der Waals surface area contributed by atoms with Gasteiger partial charge in [0.2, 0.25) is 0 Å². The van der Waals surface area contributed by atoms with Gasteiger partial charge < -0.3 is 58.7 Å². The van der Waals surface area contributed by atoms with Gasteiger partial charge in [0, 0.05) is 23.1 Å². The van der Waals surface area contributed by atoms with Crippen molar-refractivity contribution in [2.75, 3.05) is 57.9 Å². The van der Waals surface area contributed by atoms with E-state index in [1.165, 1.54) is 4.90 Å². The van der Waals surface area contributed by atoms with E-state index in [-0.39, 0.29) is 32.1 Å². The number of fused-ring (bicyclic) bond motifs is 3. The molecule has 0 aliphatic carbocycles. The van der Waals surface area contributed by atoms with Gasteiger partial charge in [-0.2, -0.15) is 0 Å². The van der Waals surface area contributed by atoms with Crippen molar-refractivity contribution in [3.8, 4) is 0 Å². The molecule has 2 heterocycles. The number of nitrogens with zero attached hydrogens (tertiary/aromatic N) is 1. The summed E-state index contributed by atoms with van der Waals surface area (Å²) in [5.41, 5.74) is 7.21. The Labute approximate surface area is 210 Å². The first-order valence-corrected chi connectivity index (χ1v) is 13.8. The van der Waals surface area contributed by atoms with Gasteiger partial charge in [-0.25, -0.2) is 0 Å². The Morgan fingerprint density at radius 3 is 2.41 bits per heavy atom. The lowest BCUT2D eigenvalue weighted by atomic mass is 10.1. The smallest absolute Gasteiger partial charge is 0.269 e. The number of nitrogens with two attached hydrogens (primary N) is 1. The zero-order chi connectivity index (χ0) is 27.1. The average Bonchev–Trinajstić information content (AvgIpc) is 3.46. The van der Waals surface area contributed by atoms with E-state index in [9.17, 15) is 28.5 Å². The molecule has 0 saturated carbocycles. The third-order valence-corrected chi connectivity index (χ3v) is 6.99. The summed E-state index contributed by atoms with van der Waals surface area (Å²) in [4.78, 5) is 52.0. The van der Waals surface area contributed by atoms with Gasteiger partial charge in [-0.1, -0.05) is 0 Å². The molecule has 1 aromatic carbocycles. The van der Waals surface area contributed by atoms with Crippen molar-refractivity contribution in [1.29, 1.82) is 0 Å². The summed E-state index contributed by atoms with van der Waals surface area (Å²) < 4.78 is 46.0. The van der Waals surface area contributed by atoms with Crippen molar-refractivity contribution < 1.29 is 56.4 Å². The number of amides is 2. The fourth-order valence-corrected chi connectivity index (χ4v) is 4.75. The number of aliphatic hydroxyl groups is 1. The minimum atomic E-state index is -4.82. The third kappa shape index (κ3) is 8.14. The summed E-state index contributed by atoms with van der Waals surface area (Å²) in [6, 6.07) is 4.98. The molecule has 0 fully saturated rings. The molecule has 16 nitrogen and oxygen atoms in total. The molecule has 3 rings (SSSR count). The molecule has 1 aromatic heterocycles. The van der Waals surface area contributed by atoms with Gasteiger partial charge in [-0.15, -0.1) is 0 Å². The third-order valence-electron chi connectivity index (χ3n) is 5.08. The molecule has 0 spiro atoms. The van der Waals surface area contributed by atoms with E-state index in [1.807, 2.05) is 0 Å². The van der Waals surface area contributed by atoms with Crippen LogP contribution in [0.1, 0.15) is 16.1 Å². The molecule has 1 aliphatic heterocycles. The number of hydrogen-bond acceptors (Lipinski definition) is 13. The van der Waals surface area contributed by atoms with Crippen LogP contribution in [0.3, 0.4) is 0 Å². The maximum Gasteiger partial charge on any atom is 0.269 e. The van der Waals surface area contributed by atoms with Crippen LogP contribution in [0.15, 0.2) is 18.2 Å². The summed E-state index contributed by atoms with van der Waals surface area (Å²) in [6.45, 7) is -2.80. The number of aromatic nitrogens is 1. The maximum absolute atomic E-state index is 12.6. The quantitative estimate of drug-likeness (QED) is 0.112. The van der Waals surface area contributed by atoms with Crippen LogP contribution in [0.2, 0.25) is 0 Å². The molecule has 5 N–H and O–H groups in total. The summed E-state index contributed by atoms with van der Waals surface area (Å²) >= 11 is 0. The number of H-pyrrole nitrogens is 1. The van der Waals surface area contributed by atoms with Crippen LogP contribution in [0.5, 0.6) is 0 Å². The molecular formula is C19H26N4O12P2-2. The number of rotatable bonds is 15. The Balaban J connectivity index is 1.45. The first-order valence-electron chi connectivity index (χ1n) is 10.9. The Bertz CT molecular complexity index is 1210. The minimum Gasteiger partial charge on any atom is -0.756 e. The summed E-state index contributed by atoms with van der Waals surface area (Å²) in [5.74, 6) is -1.09. The fourth-order valence-electron chi connectivity index (χ4n) is 3.56. The highest BCUT2D eigenvalue weighted by molar-refractivity contribution is 7.46. The number of carbonyl (C=O) groups is 2. The number of phosphoric ester groups is 2. The number of carbonyl (C=O) groups excluding carboxylic acids is 2. The van der Waals surface area contributed by atoms with E-state index in [4.69, 9.17) is 15.6 Å². The number of nitrogens with one attached hydrogen (secondary N) is 2. The van der Waals surface area contributed by atoms with E-state index in [1.54, 1.807) is 18.2 Å². The zero-order valence-electron chi connectivity index (χ0n) is 19.5. The monoisotopic (exact) mass is 564 g/mol. The Hall–Kier alpha value is -2.20. The number of anilines is 1. The standard InChI is InChI=1S/C19H28N4O12P2/c20-11-35-37(29,30)33-8-6-31-5-7-32-36(27,28)34-10-18(25)23-4-3-13-14-9-16(19(26)21-12-24)22-15(14)1-2-17(13)23/h1-2,9,22,24H,3-8,10-12,20H2,(H,21,26)(H,27,28)(H,29,30)/p-2. The van der Waals surface area contributed by atoms with Gasteiger partial charge in [0.05, 0.1) is 26.4 Å². The van der Waals surface area contributed by atoms with Crippen LogP contribution in [-0.2, 0) is 43.2 Å². The lowest BCUT2D eigenvalue weighted by molar-refractivity contribution is -0.226. The Morgan fingerprint density at radius 2 is 1.76 bits per heavy atom. The van der Waals surface area contributed by atoms with Crippen molar-refractivity contribution in [3.63, 3.8) is 0 Å². The van der Waals surface area contributed by atoms with Crippen molar-refractivity contribution in [1.82, 2.24) is 10.3 Å². The first-order chi connectivity index (χ1) is 17.6. The molecule has 0 bridgehead atoms. The SMILES string of the molecule is NCOP(=O)([O-])OCCOCCOP(=O)([O-])OCC(=O)N1CCc2c1ccc1[nH]c(C(=O)NCO)cc21. The molecule has 0 radical (unpaired) electrons. The van der Waals surface area contributed by atoms with E-state index in [0.29, 0.717) is 17.6 Å². The molecule has 2 aromatic rings. The highest BCUT2D eigenvalue weighted by Gasteiger charge is 2.28. The molecular weight excluding hydrogens is 538 g/mol. The molecule has 206 valence electrons. The number of aromatic amines is 1. The van der Waals surface area contributed by atoms with E-state index >= 15 is 0 Å². The number of benzene rings is 1. The van der Waals surface area contributed by atoms with Crippen molar-refractivity contribution in [2.45, 2.75) is 6.42 Å². The lowest BCUT2D eigenvalue weighted by Crippen LogP contribution is -2.32. The second-order valence-electron chi connectivity index (χ2n) is 7.41. The summed E-state index contributed by atoms with van der Waals surface area (Å²) in [5, 5.41) is 11.9. The van der Waals surface area contributed by atoms with Gasteiger partial charge in [-0.3, -0.25) is 18.7 Å². The second kappa shape index (κ2) is 13.0. The Morgan fingerprint density at radius 1 is 1.08 bits per heavy atom. The molecule has 18 heteroatoms. The van der Waals surface area contributed by atoms with Crippen LogP contribution in [0, 0.1) is 0 Å². The van der Waals surface area contributed by atoms with E-state index < -0.39 is 54.1 Å². The van der Waals surface area contributed by atoms with Gasteiger partial charge in [0.25, 0.3) is 27.5 Å². The topological polar surface area (TPSA) is 238 Å². The zero-order valence-corrected chi connectivity index (χ0v) is 21.2. The lowest BCUT2D eigenvalue weighted by Gasteiger charge is -2.24. The summed E-state index contributed by atoms with van der Waals surface area (Å²) in [7, 11) is -9.33. The van der Waals surface area contributed by atoms with Gasteiger partial charge >= 0.3 is 0 Å². The highest BCUT2D eigenvalue weighted by atomic mass is 31.2. The second-order valence-corrected chi connectivity index (χ2v) is 10.2. The van der Waals surface area contributed by atoms with E-state index in [0.717, 1.165) is 10.9 Å². The number of hydrogen-bond donors (Lipinski definition) is 4. The predicted octanol–water partition coefficient (Wildman–Crippen LogP) is -1.33. The highest BCUT2D eigenvalue weighted by Crippen LogP contribution is 2.39. The average molecular weight is 564 g/mol. The molecule has 0 saturated heterocycles. The predicted molar refractivity (Wildman–Crippen MR) is 123 cm³/mol. The minimum absolute atomic E-state index is 0.192. The van der Waals surface area contributed by atoms with Crippen molar-refractivity contribution in [2.24, 2.45) is 5.73 Å². The molecule has 2 amide bonds. The largest absolute Gasteiger partial charge is 0.756 e. The van der Waals surface area contributed by atoms with Crippen LogP contribution in [0.4, 0.5) is 5.69 Å². The number of aliphatic hydroxyl groups excluding tert-OH is 1. The van der Waals surface area contributed by atoms with E-state index in [2.05, 4.69) is 28.4 Å². The normalized spacial score (nSPS) is 16.4. The fraction of sp³-hybridized carbons (Fsp3) is 0.474. The molecule has 2 atom stereocenters. The van der Waals surface area contributed by atoms with Crippen LogP contribution < -0.4 is 25.7 Å². The maximum atomic E-state index is 12.6. The first kappa shape index (κ1) is 29.4. The Kier molecular flexibility index (Phi) is 10.3. The van der Waals surface area contributed by atoms with Gasteiger partial charge in [0.15, 0.2) is 0 Å². The van der Waals surface area contributed by atoms with Crippen LogP contribution in [-0.4, -0.2) is 74.9 Å². The van der Waals surface area contributed by atoms with Gasteiger partial charge in [-0.05, 0) is 30.2 Å². The number of ether oxygens (including phenoxy) is 1. The number of phosphoric acid groups is 2. The van der Waals surface area contributed by atoms with Crippen molar-refractivity contribution in [3.05, 3.63) is 29.5 Å². The molecule has 2 unspecified atom stereocenters. The molecule has 37 heavy (non-hydrogen) atoms. The summed E-state index contributed by atoms with van der Waals surface area (Å²) in [6.07, 6.45) is 0.476.